The fourth-order valence-electron chi connectivity index (χ4n) is 5.57. The molecule has 0 radical (unpaired) electrons. The van der Waals surface area contributed by atoms with Gasteiger partial charge < -0.3 is 28.8 Å². The molecule has 0 spiro atoms. The predicted octanol–water partition coefficient (Wildman–Crippen LogP) is 6.17. The van der Waals surface area contributed by atoms with E-state index >= 15 is 4.39 Å². The van der Waals surface area contributed by atoms with Crippen molar-refractivity contribution in [2.45, 2.75) is 97.4 Å². The molecule has 3 N–H and O–H groups in total. The second kappa shape index (κ2) is 16.6. The van der Waals surface area contributed by atoms with Gasteiger partial charge in [0, 0.05) is 24.0 Å². The smallest absolute Gasteiger partial charge is 0.408 e. The maximum Gasteiger partial charge on any atom is 0.408 e. The van der Waals surface area contributed by atoms with Crippen LogP contribution in [0.25, 0.3) is 11.4 Å². The summed E-state index contributed by atoms with van der Waals surface area (Å²) in [7, 11) is 0. The first-order valence-corrected chi connectivity index (χ1v) is 17.2. The number of benzene rings is 2. The van der Waals surface area contributed by atoms with Crippen molar-refractivity contribution in [3.63, 3.8) is 0 Å². The highest BCUT2D eigenvalue weighted by atomic mass is 19.1. The Balaban J connectivity index is 1.26. The summed E-state index contributed by atoms with van der Waals surface area (Å²) in [6, 6.07) is 14.7. The van der Waals surface area contributed by atoms with Crippen LogP contribution in [0.1, 0.15) is 72.3 Å². The van der Waals surface area contributed by atoms with Crippen LogP contribution in [0.2, 0.25) is 0 Å². The molecule has 5 rings (SSSR count). The molecule has 13 nitrogen and oxygen atoms in total. The van der Waals surface area contributed by atoms with E-state index in [1.54, 1.807) is 52.0 Å². The summed E-state index contributed by atoms with van der Waals surface area (Å²) in [4.78, 5) is 34.8. The van der Waals surface area contributed by atoms with Crippen molar-refractivity contribution < 1.29 is 37.5 Å². The van der Waals surface area contributed by atoms with Crippen molar-refractivity contribution in [2.24, 2.45) is 16.8 Å². The molecule has 2 aromatic carbocycles. The Morgan fingerprint density at radius 3 is 2.45 bits per heavy atom. The van der Waals surface area contributed by atoms with Crippen LogP contribution in [0.5, 0.6) is 5.75 Å². The quantitative estimate of drug-likeness (QED) is 0.0808. The Bertz CT molecular complexity index is 1680. The van der Waals surface area contributed by atoms with Crippen molar-refractivity contribution in [3.05, 3.63) is 78.0 Å². The minimum absolute atomic E-state index is 0.0158. The Labute approximate surface area is 297 Å². The lowest BCUT2D eigenvalue weighted by atomic mass is 10.2. The van der Waals surface area contributed by atoms with E-state index in [-0.39, 0.29) is 48.7 Å². The molecule has 2 heterocycles. The average Bonchev–Trinajstić information content (AvgIpc) is 3.39. The average molecular weight is 707 g/mol. The van der Waals surface area contributed by atoms with Crippen molar-refractivity contribution in [1.82, 2.24) is 26.3 Å². The number of nitrogens with one attached hydrogen (secondary N) is 3. The summed E-state index contributed by atoms with van der Waals surface area (Å²) in [5, 5.41) is 6.61. The predicted molar refractivity (Wildman–Crippen MR) is 187 cm³/mol. The lowest BCUT2D eigenvalue weighted by Crippen LogP contribution is -2.51. The number of hydrogen-bond donors (Lipinski definition) is 3. The van der Waals surface area contributed by atoms with Gasteiger partial charge in [0.1, 0.15) is 35.9 Å². The highest BCUT2D eigenvalue weighted by molar-refractivity contribution is 5.93. The second-order valence-electron chi connectivity index (χ2n) is 13.7. The van der Waals surface area contributed by atoms with Gasteiger partial charge in [-0.15, -0.1) is 0 Å². The molecular formula is C37H47FN6O7. The van der Waals surface area contributed by atoms with E-state index < -0.39 is 35.2 Å². The Morgan fingerprint density at radius 1 is 1.10 bits per heavy atom. The molecule has 1 saturated carbocycles. The normalized spacial score (nSPS) is 22.9. The molecule has 1 amide bonds. The topological polar surface area (TPSA) is 158 Å². The molecule has 0 bridgehead atoms. The van der Waals surface area contributed by atoms with Crippen LogP contribution >= 0.6 is 0 Å². The van der Waals surface area contributed by atoms with Crippen LogP contribution < -0.4 is 20.9 Å². The van der Waals surface area contributed by atoms with E-state index in [9.17, 15) is 9.59 Å². The Kier molecular flexibility index (Phi) is 12.2. The summed E-state index contributed by atoms with van der Waals surface area (Å²) in [5.74, 6) is -0.524. The van der Waals surface area contributed by atoms with E-state index in [4.69, 9.17) is 28.5 Å². The van der Waals surface area contributed by atoms with Gasteiger partial charge in [-0.2, -0.15) is 4.98 Å². The van der Waals surface area contributed by atoms with E-state index in [1.807, 2.05) is 44.2 Å². The monoisotopic (exact) mass is 706 g/mol. The van der Waals surface area contributed by atoms with Gasteiger partial charge in [-0.05, 0) is 82.9 Å². The van der Waals surface area contributed by atoms with Crippen LogP contribution in [-0.4, -0.2) is 58.2 Å². The molecular weight excluding hydrogens is 659 g/mol. The SMILES string of the molecule is C/C=C(F)\C(=N/[C@]1(NNC2CCCCO2)C(C)[C@@H]1C)Oc1ccc(-c2noc(C[C@H](NC(=O)OC(C)(C)C)C(=O)OCc3ccccc3)n2)cc1. The fourth-order valence-corrected chi connectivity index (χ4v) is 5.57. The molecule has 14 heteroatoms. The summed E-state index contributed by atoms with van der Waals surface area (Å²) >= 11 is 0. The summed E-state index contributed by atoms with van der Waals surface area (Å²) < 4.78 is 43.1. The zero-order chi connectivity index (χ0) is 36.6. The molecule has 5 atom stereocenters. The van der Waals surface area contributed by atoms with Crippen LogP contribution in [0, 0.1) is 11.8 Å². The molecule has 3 aromatic rings. The Hall–Kier alpha value is -4.66. The van der Waals surface area contributed by atoms with E-state index in [0.717, 1.165) is 24.8 Å². The number of hydrazine groups is 1. The van der Waals surface area contributed by atoms with Crippen LogP contribution in [0.15, 0.2) is 76.0 Å². The summed E-state index contributed by atoms with van der Waals surface area (Å²) in [5.41, 5.74) is 6.35. The molecule has 2 unspecified atom stereocenters. The van der Waals surface area contributed by atoms with Gasteiger partial charge in [0.05, 0.1) is 6.42 Å². The van der Waals surface area contributed by atoms with E-state index in [2.05, 4.69) is 26.3 Å². The van der Waals surface area contributed by atoms with Crippen molar-refractivity contribution in [3.8, 4) is 17.1 Å². The number of allylic oxidation sites excluding steroid dienone is 1. The van der Waals surface area contributed by atoms with E-state index in [1.165, 1.54) is 6.08 Å². The van der Waals surface area contributed by atoms with Gasteiger partial charge in [-0.3, -0.25) is 0 Å². The maximum atomic E-state index is 15.1. The fraction of sp³-hybridized carbons (Fsp3) is 0.486. The largest absolute Gasteiger partial charge is 0.459 e. The number of esters is 1. The number of hydrogen-bond acceptors (Lipinski definition) is 12. The molecule has 2 aliphatic rings. The minimum atomic E-state index is -1.16. The first-order valence-electron chi connectivity index (χ1n) is 17.2. The van der Waals surface area contributed by atoms with Gasteiger partial charge in [0.25, 0.3) is 5.90 Å². The van der Waals surface area contributed by atoms with Gasteiger partial charge in [0.15, 0.2) is 5.83 Å². The number of amides is 1. The first kappa shape index (κ1) is 37.6. The number of nitrogens with zero attached hydrogens (tertiary/aromatic N) is 3. The molecule has 274 valence electrons. The number of halogens is 1. The Morgan fingerprint density at radius 2 is 1.82 bits per heavy atom. The van der Waals surface area contributed by atoms with Crippen molar-refractivity contribution in [1.29, 1.82) is 0 Å². The summed E-state index contributed by atoms with van der Waals surface area (Å²) in [6.45, 7) is 11.5. The third-order valence-electron chi connectivity index (χ3n) is 8.76. The number of ether oxygens (including phenoxy) is 4. The molecule has 51 heavy (non-hydrogen) atoms. The standard InChI is InChI=1S/C37H47FN6O7/c1-7-28(38)33(41-37(23(2)24(37)3)44-42-30-15-11-12-20-47-30)49-27-18-16-26(17-19-27)32-40-31(51-43-32)21-29(39-35(46)50-36(4,5)6)34(45)48-22-25-13-9-8-10-14-25/h7-10,13-14,16-19,23-24,29-30,42,44H,11-12,15,20-22H2,1-6H3,(H,39,46)/b28-7+,41-33+/t23-,24?,29-,30?,37+/m0/s1. The molecule has 1 aliphatic heterocycles. The highest BCUT2D eigenvalue weighted by Crippen LogP contribution is 2.51. The van der Waals surface area contributed by atoms with Crippen molar-refractivity contribution in [2.75, 3.05) is 6.61 Å². The van der Waals surface area contributed by atoms with Crippen LogP contribution in [-0.2, 0) is 32.0 Å². The lowest BCUT2D eigenvalue weighted by Gasteiger charge is -2.27. The van der Waals surface area contributed by atoms with Gasteiger partial charge >= 0.3 is 12.1 Å². The minimum Gasteiger partial charge on any atom is -0.459 e. The van der Waals surface area contributed by atoms with Crippen LogP contribution in [0.4, 0.5) is 9.18 Å². The molecule has 1 saturated heterocycles. The number of alkyl carbamates (subject to hydrolysis) is 1. The van der Waals surface area contributed by atoms with Crippen LogP contribution in [0.3, 0.4) is 0 Å². The number of aliphatic imine (C=N–C) groups is 1. The molecule has 1 aromatic heterocycles. The zero-order valence-electron chi connectivity index (χ0n) is 29.9. The molecule has 1 aliphatic carbocycles. The van der Waals surface area contributed by atoms with E-state index in [0.29, 0.717) is 17.9 Å². The van der Waals surface area contributed by atoms with Gasteiger partial charge in [0.2, 0.25) is 11.7 Å². The van der Waals surface area contributed by atoms with Gasteiger partial charge in [-0.1, -0.05) is 49.3 Å². The third-order valence-corrected chi connectivity index (χ3v) is 8.76. The number of aromatic nitrogens is 2. The number of carbonyl (C=O) groups excluding carboxylic acids is 2. The third kappa shape index (κ3) is 10.2. The second-order valence-corrected chi connectivity index (χ2v) is 13.7. The zero-order valence-corrected chi connectivity index (χ0v) is 29.9. The highest BCUT2D eigenvalue weighted by Gasteiger charge is 2.60. The first-order chi connectivity index (χ1) is 24.4. The number of carbonyl (C=O) groups is 2. The maximum absolute atomic E-state index is 15.1. The lowest BCUT2D eigenvalue weighted by molar-refractivity contribution is -0.147. The van der Waals surface area contributed by atoms with Gasteiger partial charge in [-0.25, -0.2) is 29.8 Å². The molecule has 2 fully saturated rings. The van der Waals surface area contributed by atoms with Crippen molar-refractivity contribution >= 4 is 18.0 Å². The number of rotatable bonds is 13. The summed E-state index contributed by atoms with van der Waals surface area (Å²) in [6.07, 6.45) is 3.21.